The van der Waals surface area contributed by atoms with Gasteiger partial charge in [-0.05, 0) is 287 Å². The van der Waals surface area contributed by atoms with Crippen molar-refractivity contribution in [3.63, 3.8) is 0 Å². The molecule has 12 heterocycles. The second-order valence-corrected chi connectivity index (χ2v) is 31.8. The summed E-state index contributed by atoms with van der Waals surface area (Å²) in [6, 6.07) is 61.1. The van der Waals surface area contributed by atoms with Crippen LogP contribution >= 0.6 is 0 Å². The number of pyridine rings is 4. The van der Waals surface area contributed by atoms with Crippen molar-refractivity contribution in [3.8, 4) is 67.3 Å². The van der Waals surface area contributed by atoms with Crippen molar-refractivity contribution in [2.45, 2.75) is 125 Å². The lowest BCUT2D eigenvalue weighted by atomic mass is 9.95. The first-order valence-corrected chi connectivity index (χ1v) is 39.7. The van der Waals surface area contributed by atoms with Gasteiger partial charge in [0, 0.05) is 35.5 Å². The van der Waals surface area contributed by atoms with Crippen molar-refractivity contribution in [1.29, 1.82) is 0 Å². The summed E-state index contributed by atoms with van der Waals surface area (Å²) in [4.78, 5) is 0. The Bertz CT molecular complexity index is 6520. The fraction of sp³-hybridized carbons (Fsp3) is 0.235. The Morgan fingerprint density at radius 2 is 0.693 bits per heavy atom. The van der Waals surface area contributed by atoms with E-state index in [-0.39, 0.29) is 0 Å². The van der Waals surface area contributed by atoms with Crippen LogP contribution in [0.3, 0.4) is 0 Å². The molecule has 576 valence electrons. The van der Waals surface area contributed by atoms with Gasteiger partial charge in [0.15, 0.2) is 30.1 Å². The number of imidazole rings is 3. The third kappa shape index (κ3) is 16.0. The van der Waals surface area contributed by atoms with E-state index in [1.165, 1.54) is 201 Å². The van der Waals surface area contributed by atoms with Crippen LogP contribution in [0.15, 0.2) is 257 Å². The molecule has 18 aromatic rings. The zero-order chi connectivity index (χ0) is 81.4. The van der Waals surface area contributed by atoms with Crippen LogP contribution in [0.1, 0.15) is 100 Å². The Labute approximate surface area is 674 Å². The summed E-state index contributed by atoms with van der Waals surface area (Å²) < 4.78 is 26.3. The number of benzene rings is 6. The molecule has 114 heavy (non-hydrogen) atoms. The molecule has 0 amide bonds. The summed E-state index contributed by atoms with van der Waals surface area (Å²) in [5.74, 6) is 0. The van der Waals surface area contributed by atoms with Crippen LogP contribution in [0.2, 0.25) is 0 Å². The molecule has 0 aliphatic heterocycles. The lowest BCUT2D eigenvalue weighted by Gasteiger charge is -2.10. The van der Waals surface area contributed by atoms with E-state index in [4.69, 9.17) is 0 Å². The molecule has 12 nitrogen and oxygen atoms in total. The fourth-order valence-electron chi connectivity index (χ4n) is 16.6. The molecule has 12 aromatic heterocycles. The normalized spacial score (nSPS) is 11.2. The van der Waals surface area contributed by atoms with Crippen LogP contribution in [0.4, 0.5) is 0 Å². The maximum Gasteiger partial charge on any atom is 0.293 e. The predicted octanol–water partition coefficient (Wildman–Crippen LogP) is 20.1. The molecule has 0 radical (unpaired) electrons. The number of fused-ring (bicyclic) bond motifs is 6. The first kappa shape index (κ1) is 79.5. The number of aromatic nitrogens is 12. The molecule has 0 fully saturated rings. The molecule has 0 spiro atoms. The van der Waals surface area contributed by atoms with Gasteiger partial charge in [0.2, 0.25) is 17.7 Å². The van der Waals surface area contributed by atoms with E-state index < -0.39 is 0 Å². The van der Waals surface area contributed by atoms with Crippen molar-refractivity contribution in [1.82, 2.24) is 26.7 Å². The van der Waals surface area contributed by atoms with Crippen LogP contribution < -0.4 is 27.4 Å². The summed E-state index contributed by atoms with van der Waals surface area (Å²) in [5.41, 5.74) is 47.2. The lowest BCUT2D eigenvalue weighted by Crippen LogP contribution is -2.36. The molecule has 0 bridgehead atoms. The Hall–Kier alpha value is -12.5. The lowest BCUT2D eigenvalue weighted by molar-refractivity contribution is -0.727. The number of rotatable bonds is 6. The summed E-state index contributed by atoms with van der Waals surface area (Å²) >= 11 is 0. The van der Waals surface area contributed by atoms with Gasteiger partial charge in [-0.25, -0.2) is 35.9 Å². The van der Waals surface area contributed by atoms with Gasteiger partial charge in [-0.3, -0.25) is 0 Å². The summed E-state index contributed by atoms with van der Waals surface area (Å²) in [6.07, 6.45) is 29.5. The molecular weight excluding hydrogens is 1390 g/mol. The zero-order valence-corrected chi connectivity index (χ0v) is 71.6. The molecule has 6 aromatic carbocycles. The van der Waals surface area contributed by atoms with E-state index in [1.807, 2.05) is 0 Å². The molecule has 0 unspecified atom stereocenters. The largest absolute Gasteiger partial charge is 0.312 e. The maximum absolute atomic E-state index is 2.28. The minimum absolute atomic E-state index is 1.20. The van der Waals surface area contributed by atoms with Crippen molar-refractivity contribution in [2.24, 2.45) is 42.3 Å². The molecule has 0 N–H and O–H groups in total. The highest BCUT2D eigenvalue weighted by molar-refractivity contribution is 5.82. The van der Waals surface area contributed by atoms with Gasteiger partial charge >= 0.3 is 0 Å². The van der Waals surface area contributed by atoms with Crippen molar-refractivity contribution < 1.29 is 27.4 Å². The molecule has 0 atom stereocenters. The monoisotopic (exact) mass is 1510 g/mol. The van der Waals surface area contributed by atoms with Crippen molar-refractivity contribution in [3.05, 3.63) is 357 Å². The van der Waals surface area contributed by atoms with Crippen LogP contribution in [0, 0.1) is 125 Å². The van der Waals surface area contributed by atoms with E-state index in [0.29, 0.717) is 0 Å². The van der Waals surface area contributed by atoms with Gasteiger partial charge in [-0.1, -0.05) is 100 Å². The van der Waals surface area contributed by atoms with Crippen molar-refractivity contribution in [2.75, 3.05) is 0 Å². The van der Waals surface area contributed by atoms with E-state index in [2.05, 4.69) is 478 Å². The smallest absolute Gasteiger partial charge is 0.293 e. The molecule has 0 aliphatic carbocycles. The van der Waals surface area contributed by atoms with Gasteiger partial charge in [0.05, 0.1) is 100 Å². The zero-order valence-electron chi connectivity index (χ0n) is 71.6. The Balaban J connectivity index is 0.000000119. The molecular formula is C102H114N12+6. The van der Waals surface area contributed by atoms with Gasteiger partial charge in [-0.2, -0.15) is 4.57 Å². The second-order valence-electron chi connectivity index (χ2n) is 31.8. The topological polar surface area (TPSA) is 50.5 Å². The summed E-state index contributed by atoms with van der Waals surface area (Å²) in [6.45, 7) is 39.3. The average molecular weight is 1510 g/mol. The molecule has 0 saturated heterocycles. The van der Waals surface area contributed by atoms with E-state index >= 15 is 0 Å². The van der Waals surface area contributed by atoms with Crippen LogP contribution in [0.5, 0.6) is 0 Å². The SMILES string of the molecule is Cc1cc(C)c(C)c(-c2c3ccccn3c[n+]2C)c1.Cc1cc(C)c(C)c(-c2c3cccn3cc[n+]2C)c1.Cc1cc(C)c(C)c(-c2c[n+]3ccccc3n2C)c1.Cc1cc(C)c(C)c(-c2cc3ccccn3[n+]2C)c1.Cc1cc(C)c(C)c(-c2cccn3cc[n+](C)c23)c1.Cc1cc(C)c(C)c(-c2ccn3ccc[n+](C)c23)c1. The third-order valence-corrected chi connectivity index (χ3v) is 23.3. The third-order valence-electron chi connectivity index (χ3n) is 23.3. The molecule has 12 heteroatoms. The first-order chi connectivity index (χ1) is 54.5. The Morgan fingerprint density at radius 3 is 1.27 bits per heavy atom. The number of nitrogens with zero attached hydrogens (tertiary/aromatic N) is 12. The molecule has 18 rings (SSSR count). The van der Waals surface area contributed by atoms with Gasteiger partial charge in [0.1, 0.15) is 36.7 Å². The second kappa shape index (κ2) is 33.0. The first-order valence-electron chi connectivity index (χ1n) is 39.7. The van der Waals surface area contributed by atoms with Crippen LogP contribution in [-0.2, 0) is 42.3 Å². The Kier molecular flexibility index (Phi) is 23.0. The molecule has 0 saturated carbocycles. The van der Waals surface area contributed by atoms with E-state index in [0.717, 1.165) is 0 Å². The highest BCUT2D eigenvalue weighted by Gasteiger charge is 2.25. The quantitative estimate of drug-likeness (QED) is 0.149. The fourth-order valence-corrected chi connectivity index (χ4v) is 16.6. The minimum atomic E-state index is 1.20. The van der Waals surface area contributed by atoms with Crippen LogP contribution in [0.25, 0.3) is 101 Å². The highest BCUT2D eigenvalue weighted by Crippen LogP contribution is 2.35. The van der Waals surface area contributed by atoms with Crippen molar-refractivity contribution >= 4 is 33.5 Å². The number of aryl methyl sites for hydroxylation is 18. The molecule has 0 aliphatic rings. The van der Waals surface area contributed by atoms with Crippen LogP contribution in [-0.4, -0.2) is 26.7 Å². The number of hydrogen-bond donors (Lipinski definition) is 0. The highest BCUT2D eigenvalue weighted by atomic mass is 15.3. The Morgan fingerprint density at radius 1 is 0.281 bits per heavy atom. The average Bonchev–Trinajstić information content (AvgIpc) is 1.15. The van der Waals surface area contributed by atoms with Gasteiger partial charge in [0.25, 0.3) is 16.9 Å². The summed E-state index contributed by atoms with van der Waals surface area (Å²) in [7, 11) is 12.6. The van der Waals surface area contributed by atoms with E-state index in [9.17, 15) is 0 Å². The van der Waals surface area contributed by atoms with Gasteiger partial charge in [-0.15, -0.1) is 9.20 Å². The maximum atomic E-state index is 2.28. The predicted molar refractivity (Wildman–Crippen MR) is 469 cm³/mol. The van der Waals surface area contributed by atoms with Gasteiger partial charge < -0.3 is 4.40 Å². The minimum Gasteiger partial charge on any atom is -0.312 e. The summed E-state index contributed by atoms with van der Waals surface area (Å²) in [5, 5.41) is 0. The standard InChI is InChI=1S/6C17H19N2/c1-12-10-13(2)14(3)16(11-12)15-6-9-19-8-5-7-18(4)17(15)19;1-12-10-13(2)14(3)15(11-12)17-16-6-5-7-19(16)9-8-18(17)4;1-12-10-13(2)14(3)16(11-12)15-6-5-7-19-9-8-18(4)17(15)19;1-12-9-13(2)14(3)15(10-12)16-11-19-8-6-5-7-17(19)18(16)4;1-12-9-13(2)14(3)15(10-12)17-16-7-5-6-8-19(16)11-18(17)4;1-12-9-13(2)14(3)16(10-12)17-11-15-7-5-6-8-19(15)18(17)4/h6*5-11H,1-4H3/q6*+1. The number of hydrogen-bond acceptors (Lipinski definition) is 0. The van der Waals surface area contributed by atoms with E-state index in [1.54, 1.807) is 0 Å².